The second kappa shape index (κ2) is 8.85. The van der Waals surface area contributed by atoms with Crippen LogP contribution in [0.15, 0.2) is 40.9 Å². The Kier molecular flexibility index (Phi) is 6.28. The van der Waals surface area contributed by atoms with E-state index in [9.17, 15) is 4.79 Å². The van der Waals surface area contributed by atoms with E-state index in [0.29, 0.717) is 31.2 Å². The van der Waals surface area contributed by atoms with E-state index in [1.807, 2.05) is 44.2 Å². The summed E-state index contributed by atoms with van der Waals surface area (Å²) in [6.07, 6.45) is 2.08. The summed E-state index contributed by atoms with van der Waals surface area (Å²) in [4.78, 5) is 14.7. The quantitative estimate of drug-likeness (QED) is 0.723. The molecule has 26 heavy (non-hydrogen) atoms. The van der Waals surface area contributed by atoms with Gasteiger partial charge in [0.25, 0.3) is 5.91 Å². The molecule has 1 fully saturated rings. The van der Waals surface area contributed by atoms with Gasteiger partial charge in [-0.05, 0) is 25.0 Å². The van der Waals surface area contributed by atoms with Crippen LogP contribution in [0, 0.1) is 0 Å². The molecule has 0 saturated carbocycles. The lowest BCUT2D eigenvalue weighted by molar-refractivity contribution is 0.0486. The lowest BCUT2D eigenvalue weighted by Crippen LogP contribution is -2.40. The van der Waals surface area contributed by atoms with Gasteiger partial charge >= 0.3 is 0 Å². The second-order valence-corrected chi connectivity index (χ2v) is 6.82. The van der Waals surface area contributed by atoms with Crippen molar-refractivity contribution in [3.63, 3.8) is 0 Å². The lowest BCUT2D eigenvalue weighted by Gasteiger charge is -2.24. The summed E-state index contributed by atoms with van der Waals surface area (Å²) < 4.78 is 16.7. The minimum atomic E-state index is -0.146. The summed E-state index contributed by atoms with van der Waals surface area (Å²) in [7, 11) is 0. The SMILES string of the molecule is CC(C)c1cc(C(=O)N(CCOc2ccccc2)C[C@@H]2CCCO2)no1. The van der Waals surface area contributed by atoms with Crippen LogP contribution in [0.4, 0.5) is 0 Å². The maximum Gasteiger partial charge on any atom is 0.276 e. The van der Waals surface area contributed by atoms with Crippen molar-refractivity contribution in [2.45, 2.75) is 38.7 Å². The number of aromatic nitrogens is 1. The number of hydrogen-bond acceptors (Lipinski definition) is 5. The Morgan fingerprint density at radius 1 is 1.35 bits per heavy atom. The van der Waals surface area contributed by atoms with Crippen LogP contribution in [0.5, 0.6) is 5.75 Å². The van der Waals surface area contributed by atoms with Crippen LogP contribution in [0.3, 0.4) is 0 Å². The van der Waals surface area contributed by atoms with Crippen LogP contribution in [0.1, 0.15) is 48.9 Å². The first-order valence-electron chi connectivity index (χ1n) is 9.19. The lowest BCUT2D eigenvalue weighted by atomic mass is 10.1. The smallest absolute Gasteiger partial charge is 0.276 e. The fourth-order valence-electron chi connectivity index (χ4n) is 2.92. The molecule has 1 aromatic heterocycles. The highest BCUT2D eigenvalue weighted by Crippen LogP contribution is 2.18. The van der Waals surface area contributed by atoms with E-state index in [2.05, 4.69) is 5.16 Å². The summed E-state index contributed by atoms with van der Waals surface area (Å²) >= 11 is 0. The third-order valence-corrected chi connectivity index (χ3v) is 4.42. The summed E-state index contributed by atoms with van der Waals surface area (Å²) in [5.74, 6) is 1.55. The molecule has 1 saturated heterocycles. The summed E-state index contributed by atoms with van der Waals surface area (Å²) in [5, 5.41) is 3.95. The molecular weight excluding hydrogens is 332 g/mol. The number of nitrogens with zero attached hydrogens (tertiary/aromatic N) is 2. The number of rotatable bonds is 8. The van der Waals surface area contributed by atoms with E-state index in [0.717, 1.165) is 25.2 Å². The van der Waals surface area contributed by atoms with Gasteiger partial charge in [-0.15, -0.1) is 0 Å². The Bertz CT molecular complexity index is 693. The Morgan fingerprint density at radius 2 is 2.15 bits per heavy atom. The van der Waals surface area contributed by atoms with Crippen molar-refractivity contribution in [2.75, 3.05) is 26.3 Å². The van der Waals surface area contributed by atoms with Gasteiger partial charge in [0.2, 0.25) is 0 Å². The topological polar surface area (TPSA) is 64.8 Å². The van der Waals surface area contributed by atoms with Gasteiger partial charge in [-0.25, -0.2) is 0 Å². The van der Waals surface area contributed by atoms with Gasteiger partial charge in [-0.2, -0.15) is 0 Å². The summed E-state index contributed by atoms with van der Waals surface area (Å²) in [5.41, 5.74) is 0.339. The van der Waals surface area contributed by atoms with Gasteiger partial charge in [0.05, 0.1) is 12.6 Å². The Balaban J connectivity index is 1.64. The molecule has 1 amide bonds. The number of amides is 1. The molecule has 1 atom stereocenters. The molecule has 2 heterocycles. The van der Waals surface area contributed by atoms with Crippen LogP contribution in [-0.2, 0) is 4.74 Å². The predicted octanol–water partition coefficient (Wildman–Crippen LogP) is 3.50. The van der Waals surface area contributed by atoms with E-state index in [-0.39, 0.29) is 17.9 Å². The number of ether oxygens (including phenoxy) is 2. The molecule has 1 aromatic carbocycles. The van der Waals surface area contributed by atoms with E-state index in [4.69, 9.17) is 14.0 Å². The van der Waals surface area contributed by atoms with E-state index < -0.39 is 0 Å². The third kappa shape index (κ3) is 4.85. The van der Waals surface area contributed by atoms with Crippen molar-refractivity contribution in [3.8, 4) is 5.75 Å². The number of carbonyl (C=O) groups is 1. The highest BCUT2D eigenvalue weighted by atomic mass is 16.5. The van der Waals surface area contributed by atoms with Crippen molar-refractivity contribution in [1.82, 2.24) is 10.1 Å². The molecule has 6 nitrogen and oxygen atoms in total. The predicted molar refractivity (Wildman–Crippen MR) is 97.4 cm³/mol. The first-order chi connectivity index (χ1) is 12.6. The Morgan fingerprint density at radius 3 is 2.81 bits per heavy atom. The molecule has 1 aliphatic heterocycles. The zero-order chi connectivity index (χ0) is 18.4. The molecule has 0 bridgehead atoms. The zero-order valence-corrected chi connectivity index (χ0v) is 15.4. The molecular formula is C20H26N2O4. The molecule has 0 N–H and O–H groups in total. The van der Waals surface area contributed by atoms with Crippen LogP contribution in [-0.4, -0.2) is 48.4 Å². The van der Waals surface area contributed by atoms with Gasteiger partial charge in [0, 0.05) is 25.1 Å². The molecule has 1 aliphatic rings. The maximum absolute atomic E-state index is 12.9. The Labute approximate surface area is 154 Å². The highest BCUT2D eigenvalue weighted by molar-refractivity contribution is 5.92. The highest BCUT2D eigenvalue weighted by Gasteiger charge is 2.25. The normalized spacial score (nSPS) is 16.8. The molecule has 0 spiro atoms. The molecule has 6 heteroatoms. The maximum atomic E-state index is 12.9. The molecule has 0 radical (unpaired) electrons. The van der Waals surface area contributed by atoms with Crippen molar-refractivity contribution in [3.05, 3.63) is 47.9 Å². The van der Waals surface area contributed by atoms with Crippen molar-refractivity contribution in [1.29, 1.82) is 0 Å². The molecule has 3 rings (SSSR count). The van der Waals surface area contributed by atoms with Crippen LogP contribution in [0.2, 0.25) is 0 Å². The van der Waals surface area contributed by atoms with Gasteiger partial charge in [0.15, 0.2) is 5.69 Å². The molecule has 2 aromatic rings. The first-order valence-corrected chi connectivity index (χ1v) is 9.19. The minimum absolute atomic E-state index is 0.0761. The van der Waals surface area contributed by atoms with Gasteiger partial charge in [-0.1, -0.05) is 37.2 Å². The molecule has 0 aliphatic carbocycles. The summed E-state index contributed by atoms with van der Waals surface area (Å²) in [6.45, 7) is 6.20. The molecule has 140 valence electrons. The third-order valence-electron chi connectivity index (χ3n) is 4.42. The average molecular weight is 358 g/mol. The fraction of sp³-hybridized carbons (Fsp3) is 0.500. The van der Waals surface area contributed by atoms with Crippen molar-refractivity contribution in [2.24, 2.45) is 0 Å². The number of benzene rings is 1. The average Bonchev–Trinajstić information content (AvgIpc) is 3.33. The van der Waals surface area contributed by atoms with Crippen molar-refractivity contribution >= 4 is 5.91 Å². The number of hydrogen-bond donors (Lipinski definition) is 0. The van der Waals surface area contributed by atoms with Crippen LogP contribution >= 0.6 is 0 Å². The summed E-state index contributed by atoms with van der Waals surface area (Å²) in [6, 6.07) is 11.3. The van der Waals surface area contributed by atoms with Gasteiger partial charge in [-0.3, -0.25) is 4.79 Å². The standard InChI is InChI=1S/C20H26N2O4/c1-15(2)19-13-18(21-26-19)20(23)22(14-17-9-6-11-24-17)10-12-25-16-7-4-3-5-8-16/h3-5,7-8,13,15,17H,6,9-12,14H2,1-2H3/t17-/m0/s1. The minimum Gasteiger partial charge on any atom is -0.492 e. The second-order valence-electron chi connectivity index (χ2n) is 6.82. The molecule has 0 unspecified atom stereocenters. The van der Waals surface area contributed by atoms with Crippen molar-refractivity contribution < 1.29 is 18.8 Å². The van der Waals surface area contributed by atoms with Crippen LogP contribution < -0.4 is 4.74 Å². The first kappa shape index (κ1) is 18.5. The number of para-hydroxylation sites is 1. The fourth-order valence-corrected chi connectivity index (χ4v) is 2.92. The van der Waals surface area contributed by atoms with Crippen LogP contribution in [0.25, 0.3) is 0 Å². The monoisotopic (exact) mass is 358 g/mol. The van der Waals surface area contributed by atoms with Gasteiger partial charge in [0.1, 0.15) is 18.1 Å². The van der Waals surface area contributed by atoms with E-state index in [1.54, 1.807) is 11.0 Å². The number of carbonyl (C=O) groups excluding carboxylic acids is 1. The van der Waals surface area contributed by atoms with E-state index >= 15 is 0 Å². The largest absolute Gasteiger partial charge is 0.492 e. The van der Waals surface area contributed by atoms with E-state index in [1.165, 1.54) is 0 Å². The van der Waals surface area contributed by atoms with Gasteiger partial charge < -0.3 is 18.9 Å². The zero-order valence-electron chi connectivity index (χ0n) is 15.4. The Hall–Kier alpha value is -2.34.